The Morgan fingerprint density at radius 1 is 1.41 bits per heavy atom. The zero-order valence-corrected chi connectivity index (χ0v) is 11.2. The highest BCUT2D eigenvalue weighted by Gasteiger charge is 2.33. The first kappa shape index (κ1) is 11.6. The monoisotopic (exact) mass is 252 g/mol. The van der Waals surface area contributed by atoms with Crippen molar-refractivity contribution in [1.29, 1.82) is 0 Å². The van der Waals surface area contributed by atoms with E-state index in [1.807, 2.05) is 0 Å². The average Bonchev–Trinajstić information content (AvgIpc) is 3.00. The van der Waals surface area contributed by atoms with Gasteiger partial charge < -0.3 is 4.74 Å². The van der Waals surface area contributed by atoms with Crippen molar-refractivity contribution in [3.05, 3.63) is 16.1 Å². The second kappa shape index (κ2) is 5.04. The maximum Gasteiger partial charge on any atom is 0.0898 e. The van der Waals surface area contributed by atoms with Crippen molar-refractivity contribution in [2.45, 2.75) is 44.7 Å². The van der Waals surface area contributed by atoms with Gasteiger partial charge in [0.2, 0.25) is 0 Å². The number of aryl methyl sites for hydroxylation is 1. The summed E-state index contributed by atoms with van der Waals surface area (Å²) in [5.74, 6) is 0. The van der Waals surface area contributed by atoms with Crippen LogP contribution in [0.15, 0.2) is 5.38 Å². The zero-order chi connectivity index (χ0) is 11.7. The summed E-state index contributed by atoms with van der Waals surface area (Å²) in [7, 11) is 0. The molecule has 0 spiro atoms. The Morgan fingerprint density at radius 2 is 2.24 bits per heavy atom. The van der Waals surface area contributed by atoms with Gasteiger partial charge in [-0.2, -0.15) is 0 Å². The first-order valence-corrected chi connectivity index (χ1v) is 7.48. The van der Waals surface area contributed by atoms with Crippen molar-refractivity contribution in [3.8, 4) is 0 Å². The van der Waals surface area contributed by atoms with Crippen molar-refractivity contribution < 1.29 is 4.74 Å². The Kier molecular flexibility index (Phi) is 3.45. The summed E-state index contributed by atoms with van der Waals surface area (Å²) >= 11 is 1.75. The predicted molar refractivity (Wildman–Crippen MR) is 69.4 cm³/mol. The minimum absolute atomic E-state index is 0.400. The second-order valence-electron chi connectivity index (χ2n) is 5.06. The topological polar surface area (TPSA) is 25.4 Å². The maximum atomic E-state index is 5.66. The molecular weight excluding hydrogens is 232 g/mol. The number of rotatable bonds is 2. The average molecular weight is 252 g/mol. The first-order valence-electron chi connectivity index (χ1n) is 6.60. The zero-order valence-electron chi connectivity index (χ0n) is 10.4. The van der Waals surface area contributed by atoms with Crippen LogP contribution < -0.4 is 0 Å². The normalized spacial score (nSPS) is 27.7. The fourth-order valence-corrected chi connectivity index (χ4v) is 3.74. The van der Waals surface area contributed by atoms with Crippen molar-refractivity contribution in [2.24, 2.45) is 0 Å². The van der Waals surface area contributed by atoms with E-state index >= 15 is 0 Å². The smallest absolute Gasteiger partial charge is 0.0898 e. The van der Waals surface area contributed by atoms with E-state index < -0.39 is 0 Å². The number of ether oxygens (including phenoxy) is 1. The quantitative estimate of drug-likeness (QED) is 0.809. The van der Waals surface area contributed by atoms with Gasteiger partial charge in [-0.3, -0.25) is 4.90 Å². The molecular formula is C13H20N2OS. The molecule has 0 amide bonds. The van der Waals surface area contributed by atoms with E-state index in [0.717, 1.165) is 30.8 Å². The summed E-state index contributed by atoms with van der Waals surface area (Å²) in [6.07, 6.45) is 5.51. The van der Waals surface area contributed by atoms with Crippen LogP contribution in [0.4, 0.5) is 0 Å². The molecule has 2 heterocycles. The molecule has 1 aliphatic heterocycles. The molecule has 1 saturated carbocycles. The van der Waals surface area contributed by atoms with Gasteiger partial charge in [-0.05, 0) is 19.8 Å². The van der Waals surface area contributed by atoms with Crippen LogP contribution in [0.3, 0.4) is 0 Å². The highest BCUT2D eigenvalue weighted by molar-refractivity contribution is 7.09. The predicted octanol–water partition coefficient (Wildman–Crippen LogP) is 2.77. The van der Waals surface area contributed by atoms with E-state index in [9.17, 15) is 0 Å². The van der Waals surface area contributed by atoms with Crippen LogP contribution in [-0.4, -0.2) is 35.7 Å². The number of nitrogens with zero attached hydrogens (tertiary/aromatic N) is 2. The molecule has 1 saturated heterocycles. The van der Waals surface area contributed by atoms with Gasteiger partial charge in [0.05, 0.1) is 30.0 Å². The Hall–Kier alpha value is -0.450. The summed E-state index contributed by atoms with van der Waals surface area (Å²) in [5, 5.41) is 3.37. The fourth-order valence-electron chi connectivity index (χ4n) is 3.08. The lowest BCUT2D eigenvalue weighted by molar-refractivity contribution is -0.0302. The summed E-state index contributed by atoms with van der Waals surface area (Å²) in [6.45, 7) is 4.86. The summed E-state index contributed by atoms with van der Waals surface area (Å²) in [5.41, 5.74) is 1.22. The van der Waals surface area contributed by atoms with Crippen LogP contribution in [-0.2, 0) is 4.74 Å². The minimum Gasteiger partial charge on any atom is -0.378 e. The molecule has 2 aliphatic rings. The van der Waals surface area contributed by atoms with E-state index in [1.165, 1.54) is 31.4 Å². The van der Waals surface area contributed by atoms with Crippen LogP contribution in [0.5, 0.6) is 0 Å². The number of hydrogen-bond donors (Lipinski definition) is 0. The van der Waals surface area contributed by atoms with Crippen LogP contribution in [0.2, 0.25) is 0 Å². The molecule has 1 aromatic rings. The van der Waals surface area contributed by atoms with E-state index in [1.54, 1.807) is 11.3 Å². The number of aromatic nitrogens is 1. The fraction of sp³-hybridized carbons (Fsp3) is 0.769. The van der Waals surface area contributed by atoms with Crippen LogP contribution >= 0.6 is 11.3 Å². The van der Waals surface area contributed by atoms with Crippen LogP contribution in [0.1, 0.15) is 42.4 Å². The Labute approximate surface area is 107 Å². The van der Waals surface area contributed by atoms with Gasteiger partial charge in [0.25, 0.3) is 0 Å². The van der Waals surface area contributed by atoms with Crippen LogP contribution in [0.25, 0.3) is 0 Å². The van der Waals surface area contributed by atoms with Crippen molar-refractivity contribution in [2.75, 3.05) is 19.8 Å². The molecule has 1 aromatic heterocycles. The summed E-state index contributed by atoms with van der Waals surface area (Å²) in [6, 6.07) is 1.17. The highest BCUT2D eigenvalue weighted by Crippen LogP contribution is 2.33. The molecule has 0 unspecified atom stereocenters. The van der Waals surface area contributed by atoms with Crippen LogP contribution in [0, 0.1) is 6.92 Å². The minimum atomic E-state index is 0.400. The third-order valence-corrected chi connectivity index (χ3v) is 4.73. The molecule has 3 nitrogen and oxygen atoms in total. The first-order chi connectivity index (χ1) is 8.34. The summed E-state index contributed by atoms with van der Waals surface area (Å²) < 4.78 is 5.66. The molecule has 3 rings (SSSR count). The van der Waals surface area contributed by atoms with E-state index in [2.05, 4.69) is 22.2 Å². The Bertz CT molecular complexity index is 373. The molecule has 0 N–H and O–H groups in total. The van der Waals surface area contributed by atoms with E-state index in [4.69, 9.17) is 4.74 Å². The highest BCUT2D eigenvalue weighted by atomic mass is 32.1. The van der Waals surface area contributed by atoms with Gasteiger partial charge in [0.15, 0.2) is 0 Å². The molecule has 1 atom stereocenters. The molecule has 0 aromatic carbocycles. The van der Waals surface area contributed by atoms with Crippen molar-refractivity contribution in [1.82, 2.24) is 9.88 Å². The SMILES string of the molecule is Cc1nc([C@@H]2COCCN2C2CCCC2)cs1. The lowest BCUT2D eigenvalue weighted by Gasteiger charge is -2.38. The molecule has 0 bridgehead atoms. The van der Waals surface area contributed by atoms with Crippen molar-refractivity contribution in [3.63, 3.8) is 0 Å². The van der Waals surface area contributed by atoms with E-state index in [0.29, 0.717) is 6.04 Å². The standard InChI is InChI=1S/C13H20N2OS/c1-10-14-12(9-17-10)13-8-16-7-6-15(13)11-4-2-3-5-11/h9,11,13H,2-8H2,1H3/t13-/m0/s1. The number of morpholine rings is 1. The van der Waals surface area contributed by atoms with Gasteiger partial charge >= 0.3 is 0 Å². The lowest BCUT2D eigenvalue weighted by Crippen LogP contribution is -2.44. The van der Waals surface area contributed by atoms with Gasteiger partial charge in [-0.25, -0.2) is 4.98 Å². The Balaban J connectivity index is 1.79. The molecule has 2 fully saturated rings. The molecule has 0 radical (unpaired) electrons. The van der Waals surface area contributed by atoms with Gasteiger partial charge in [0.1, 0.15) is 0 Å². The van der Waals surface area contributed by atoms with Gasteiger partial charge in [0, 0.05) is 18.0 Å². The number of thiazole rings is 1. The molecule has 4 heteroatoms. The summed E-state index contributed by atoms with van der Waals surface area (Å²) in [4.78, 5) is 7.30. The van der Waals surface area contributed by atoms with Gasteiger partial charge in [-0.1, -0.05) is 12.8 Å². The third kappa shape index (κ3) is 2.39. The molecule has 17 heavy (non-hydrogen) atoms. The van der Waals surface area contributed by atoms with Gasteiger partial charge in [-0.15, -0.1) is 11.3 Å². The molecule has 94 valence electrons. The third-order valence-electron chi connectivity index (χ3n) is 3.94. The maximum absolute atomic E-state index is 5.66. The Morgan fingerprint density at radius 3 is 2.94 bits per heavy atom. The molecule has 1 aliphatic carbocycles. The lowest BCUT2D eigenvalue weighted by atomic mass is 10.1. The largest absolute Gasteiger partial charge is 0.378 e. The van der Waals surface area contributed by atoms with Crippen molar-refractivity contribution >= 4 is 11.3 Å². The second-order valence-corrected chi connectivity index (χ2v) is 6.12. The van der Waals surface area contributed by atoms with E-state index in [-0.39, 0.29) is 0 Å². The number of hydrogen-bond acceptors (Lipinski definition) is 4.